The van der Waals surface area contributed by atoms with E-state index in [2.05, 4.69) is 15.3 Å². The van der Waals surface area contributed by atoms with Gasteiger partial charge >= 0.3 is 0 Å². The van der Waals surface area contributed by atoms with E-state index in [1.54, 1.807) is 0 Å². The zero-order valence-corrected chi connectivity index (χ0v) is 9.78. The summed E-state index contributed by atoms with van der Waals surface area (Å²) in [4.78, 5) is 17.8. The van der Waals surface area contributed by atoms with Crippen LogP contribution in [-0.2, 0) is 0 Å². The van der Waals surface area contributed by atoms with E-state index in [-0.39, 0.29) is 23.3 Å². The minimum absolute atomic E-state index is 0.0954. The first-order valence-electron chi connectivity index (χ1n) is 6.04. The Balaban J connectivity index is 2.13. The lowest BCUT2D eigenvalue weighted by Gasteiger charge is -2.23. The molecule has 1 saturated carbocycles. The maximum Gasteiger partial charge on any atom is 0.276 e. The van der Waals surface area contributed by atoms with Crippen molar-refractivity contribution in [1.29, 1.82) is 0 Å². The molecule has 0 radical (unpaired) electrons. The van der Waals surface area contributed by atoms with E-state index in [0.717, 1.165) is 25.7 Å². The maximum absolute atomic E-state index is 11.3. The van der Waals surface area contributed by atoms with Gasteiger partial charge in [0.15, 0.2) is 5.82 Å². The van der Waals surface area contributed by atoms with Gasteiger partial charge in [-0.3, -0.25) is 4.79 Å². The van der Waals surface area contributed by atoms with E-state index in [1.165, 1.54) is 12.7 Å². The molecule has 1 fully saturated rings. The van der Waals surface area contributed by atoms with Crippen molar-refractivity contribution in [2.75, 3.05) is 11.1 Å². The molecule has 1 aromatic rings. The number of rotatable bonds is 2. The lowest BCUT2D eigenvalue weighted by Crippen LogP contribution is -2.40. The van der Waals surface area contributed by atoms with Crippen molar-refractivity contribution >= 4 is 11.5 Å². The molecule has 0 bridgehead atoms. The molecule has 6 N–H and O–H groups in total. The first-order chi connectivity index (χ1) is 8.18. The first-order valence-corrected chi connectivity index (χ1v) is 6.04. The lowest BCUT2D eigenvalue weighted by molar-refractivity contribution is 0.527. The van der Waals surface area contributed by atoms with Crippen molar-refractivity contribution in [1.82, 2.24) is 9.97 Å². The van der Waals surface area contributed by atoms with Crippen LogP contribution < -0.4 is 22.3 Å². The van der Waals surface area contributed by atoms with Crippen LogP contribution in [0.25, 0.3) is 0 Å². The molecule has 0 aromatic carbocycles. The van der Waals surface area contributed by atoms with Gasteiger partial charge in [0.05, 0.1) is 6.33 Å². The number of hydrogen-bond acceptors (Lipinski definition) is 5. The van der Waals surface area contributed by atoms with E-state index in [4.69, 9.17) is 11.5 Å². The van der Waals surface area contributed by atoms with Crippen molar-refractivity contribution in [3.63, 3.8) is 0 Å². The number of anilines is 2. The van der Waals surface area contributed by atoms with Crippen LogP contribution in [0.5, 0.6) is 0 Å². The Morgan fingerprint density at radius 1 is 1.35 bits per heavy atom. The summed E-state index contributed by atoms with van der Waals surface area (Å²) in [6.07, 6.45) is 6.87. The molecule has 0 amide bonds. The van der Waals surface area contributed by atoms with E-state index in [1.807, 2.05) is 0 Å². The Bertz CT molecular complexity index is 430. The molecule has 1 aliphatic carbocycles. The van der Waals surface area contributed by atoms with E-state index in [0.29, 0.717) is 5.82 Å². The van der Waals surface area contributed by atoms with Crippen LogP contribution in [0, 0.1) is 0 Å². The quantitative estimate of drug-likeness (QED) is 0.557. The molecule has 17 heavy (non-hydrogen) atoms. The molecule has 2 atom stereocenters. The Morgan fingerprint density at radius 3 is 2.94 bits per heavy atom. The summed E-state index contributed by atoms with van der Waals surface area (Å²) in [7, 11) is 0. The third-order valence-electron chi connectivity index (χ3n) is 3.28. The third kappa shape index (κ3) is 2.76. The number of nitrogen functional groups attached to an aromatic ring is 1. The van der Waals surface area contributed by atoms with Gasteiger partial charge < -0.3 is 21.8 Å². The monoisotopic (exact) mass is 237 g/mol. The minimum Gasteiger partial charge on any atom is -0.391 e. The van der Waals surface area contributed by atoms with Gasteiger partial charge in [0.25, 0.3) is 5.56 Å². The van der Waals surface area contributed by atoms with Crippen molar-refractivity contribution in [3.05, 3.63) is 16.7 Å². The van der Waals surface area contributed by atoms with Gasteiger partial charge in [-0.25, -0.2) is 4.98 Å². The Morgan fingerprint density at radius 2 is 2.12 bits per heavy atom. The van der Waals surface area contributed by atoms with Crippen LogP contribution in [0.2, 0.25) is 0 Å². The summed E-state index contributed by atoms with van der Waals surface area (Å²) in [6, 6.07) is 0.243. The molecule has 2 rings (SSSR count). The zero-order chi connectivity index (χ0) is 12.3. The number of nitrogens with one attached hydrogen (secondary N) is 2. The van der Waals surface area contributed by atoms with Gasteiger partial charge in [-0.1, -0.05) is 19.3 Å². The summed E-state index contributed by atoms with van der Waals surface area (Å²) in [5.41, 5.74) is 11.6. The molecule has 1 heterocycles. The Labute approximate surface area is 99.8 Å². The summed E-state index contributed by atoms with van der Waals surface area (Å²) in [5.74, 6) is 0.441. The highest BCUT2D eigenvalue weighted by molar-refractivity contribution is 5.59. The minimum atomic E-state index is -0.315. The SMILES string of the molecule is Nc1c(NC2CCCCCC2N)nc[nH]c1=O. The fraction of sp³-hybridized carbons (Fsp3) is 0.636. The Hall–Kier alpha value is -1.56. The van der Waals surface area contributed by atoms with Gasteiger partial charge in [-0.05, 0) is 12.8 Å². The molecule has 6 heteroatoms. The first kappa shape index (κ1) is 11.9. The molecule has 2 unspecified atom stereocenters. The van der Waals surface area contributed by atoms with E-state index >= 15 is 0 Å². The van der Waals surface area contributed by atoms with Crippen molar-refractivity contribution in [2.45, 2.75) is 44.2 Å². The van der Waals surface area contributed by atoms with Crippen LogP contribution >= 0.6 is 0 Å². The second-order valence-corrected chi connectivity index (χ2v) is 4.55. The highest BCUT2D eigenvalue weighted by Gasteiger charge is 2.21. The summed E-state index contributed by atoms with van der Waals surface area (Å²) >= 11 is 0. The number of nitrogens with zero attached hydrogens (tertiary/aromatic N) is 1. The second kappa shape index (κ2) is 5.18. The smallest absolute Gasteiger partial charge is 0.276 e. The largest absolute Gasteiger partial charge is 0.391 e. The number of aromatic amines is 1. The molecular weight excluding hydrogens is 218 g/mol. The lowest BCUT2D eigenvalue weighted by atomic mass is 10.0. The fourth-order valence-electron chi connectivity index (χ4n) is 2.22. The predicted octanol–water partition coefficient (Wildman–Crippen LogP) is 0.424. The van der Waals surface area contributed by atoms with Crippen molar-refractivity contribution in [2.24, 2.45) is 5.73 Å². The van der Waals surface area contributed by atoms with Crippen LogP contribution in [0.3, 0.4) is 0 Å². The summed E-state index contributed by atoms with van der Waals surface area (Å²) in [5, 5.41) is 3.20. The number of hydrogen-bond donors (Lipinski definition) is 4. The summed E-state index contributed by atoms with van der Waals surface area (Å²) < 4.78 is 0. The molecule has 1 aromatic heterocycles. The molecule has 1 aliphatic rings. The highest BCUT2D eigenvalue weighted by atomic mass is 16.1. The standard InChI is InChI=1S/C11H19N5O/c12-7-4-2-1-3-5-8(7)16-10-9(13)11(17)15-6-14-10/h6-8H,1-5,12-13H2,(H2,14,15,16,17). The summed E-state index contributed by atoms with van der Waals surface area (Å²) in [6.45, 7) is 0. The van der Waals surface area contributed by atoms with Gasteiger partial charge in [-0.15, -0.1) is 0 Å². The maximum atomic E-state index is 11.3. The molecular formula is C11H19N5O. The third-order valence-corrected chi connectivity index (χ3v) is 3.28. The average molecular weight is 237 g/mol. The number of aromatic nitrogens is 2. The van der Waals surface area contributed by atoms with Crippen molar-refractivity contribution in [3.8, 4) is 0 Å². The van der Waals surface area contributed by atoms with Crippen LogP contribution in [0.1, 0.15) is 32.1 Å². The van der Waals surface area contributed by atoms with Crippen LogP contribution in [0.4, 0.5) is 11.5 Å². The van der Waals surface area contributed by atoms with Crippen molar-refractivity contribution < 1.29 is 0 Å². The normalized spacial score (nSPS) is 25.2. The van der Waals surface area contributed by atoms with E-state index < -0.39 is 0 Å². The van der Waals surface area contributed by atoms with E-state index in [9.17, 15) is 4.79 Å². The molecule has 94 valence electrons. The van der Waals surface area contributed by atoms with Gasteiger partial charge in [0.2, 0.25) is 0 Å². The topological polar surface area (TPSA) is 110 Å². The number of H-pyrrole nitrogens is 1. The van der Waals surface area contributed by atoms with Crippen LogP contribution in [-0.4, -0.2) is 22.1 Å². The molecule has 6 nitrogen and oxygen atoms in total. The van der Waals surface area contributed by atoms with Crippen LogP contribution in [0.15, 0.2) is 11.1 Å². The number of nitrogens with two attached hydrogens (primary N) is 2. The zero-order valence-electron chi connectivity index (χ0n) is 9.78. The second-order valence-electron chi connectivity index (χ2n) is 4.55. The average Bonchev–Trinajstić information content (AvgIpc) is 2.51. The predicted molar refractivity (Wildman–Crippen MR) is 67.7 cm³/mol. The van der Waals surface area contributed by atoms with Gasteiger partial charge in [0.1, 0.15) is 5.69 Å². The molecule has 0 saturated heterocycles. The molecule has 0 aliphatic heterocycles. The van der Waals surface area contributed by atoms with Gasteiger partial charge in [0, 0.05) is 12.1 Å². The fourth-order valence-corrected chi connectivity index (χ4v) is 2.22. The Kier molecular flexibility index (Phi) is 3.63. The highest BCUT2D eigenvalue weighted by Crippen LogP contribution is 2.20. The van der Waals surface area contributed by atoms with Gasteiger partial charge in [-0.2, -0.15) is 0 Å². The molecule has 0 spiro atoms.